The maximum absolute atomic E-state index is 3.95. The van der Waals surface area contributed by atoms with Crippen LogP contribution in [0.1, 0.15) is 0 Å². The van der Waals surface area contributed by atoms with Crippen molar-refractivity contribution in [3.05, 3.63) is 11.7 Å². The van der Waals surface area contributed by atoms with Gasteiger partial charge >= 0.3 is 0 Å². The lowest BCUT2D eigenvalue weighted by Crippen LogP contribution is -1.67. The summed E-state index contributed by atoms with van der Waals surface area (Å²) in [6.45, 7) is 0. The van der Waals surface area contributed by atoms with E-state index in [0.717, 1.165) is 11.5 Å². The Hall–Kier alpha value is -0.900. The van der Waals surface area contributed by atoms with E-state index >= 15 is 0 Å². The maximum atomic E-state index is 3.95. The van der Waals surface area contributed by atoms with Crippen molar-refractivity contribution in [3.8, 4) is 11.5 Å². The van der Waals surface area contributed by atoms with Gasteiger partial charge in [0, 0.05) is 5.38 Å². The fourth-order valence-electron chi connectivity index (χ4n) is 0.582. The van der Waals surface area contributed by atoms with Crippen LogP contribution in [-0.2, 0) is 0 Å². The van der Waals surface area contributed by atoms with E-state index in [2.05, 4.69) is 14.3 Å². The van der Waals surface area contributed by atoms with Crippen LogP contribution in [0.4, 0.5) is 0 Å². The van der Waals surface area contributed by atoms with Crippen LogP contribution in [0.2, 0.25) is 0 Å². The predicted octanol–water partition coefficient (Wildman–Crippen LogP) is 0.971. The number of hydrogen-bond donors (Lipinski definition) is 1. The molecule has 4 heteroatoms. The molecule has 0 unspecified atom stereocenters. The first-order valence-corrected chi connectivity index (χ1v) is 3.07. The molecule has 2 rings (SSSR count). The second kappa shape index (κ2) is 1.29. The molecule has 0 saturated heterocycles. The Morgan fingerprint density at radius 2 is 2.50 bits per heavy atom. The van der Waals surface area contributed by atoms with Crippen LogP contribution < -0.4 is 0 Å². The van der Waals surface area contributed by atoms with Crippen molar-refractivity contribution in [2.45, 2.75) is 0 Å². The fourth-order valence-corrected chi connectivity index (χ4v) is 1.19. The number of rotatable bonds is 0. The molecule has 8 heavy (non-hydrogen) atoms. The van der Waals surface area contributed by atoms with Gasteiger partial charge in [-0.05, 0) is 0 Å². The quantitative estimate of drug-likeness (QED) is 0.570. The molecule has 40 valence electrons. The molecule has 0 aromatic heterocycles. The zero-order valence-corrected chi connectivity index (χ0v) is 4.77. The van der Waals surface area contributed by atoms with Gasteiger partial charge in [-0.25, -0.2) is 9.97 Å². The average Bonchev–Trinajstić information content (AvgIpc) is 2.15. The summed E-state index contributed by atoms with van der Waals surface area (Å²) < 4.78 is 2.97. The molecule has 2 heterocycles. The Morgan fingerprint density at radius 1 is 1.50 bits per heavy atom. The van der Waals surface area contributed by atoms with Crippen LogP contribution in [0, 0.1) is 0 Å². The van der Waals surface area contributed by atoms with Gasteiger partial charge in [0.25, 0.3) is 0 Å². The normalized spacial score (nSPS) is 10.5. The third kappa shape index (κ3) is 0.376. The summed E-state index contributed by atoms with van der Waals surface area (Å²) in [6, 6.07) is 0. The van der Waals surface area contributed by atoms with Gasteiger partial charge in [-0.1, -0.05) is 11.5 Å². The average molecular weight is 125 g/mol. The lowest BCUT2D eigenvalue weighted by molar-refractivity contribution is 1.31. The summed E-state index contributed by atoms with van der Waals surface area (Å²) in [6.07, 6.45) is 1.55. The molecule has 0 atom stereocenters. The summed E-state index contributed by atoms with van der Waals surface area (Å²) in [5.41, 5.74) is 0.954. The van der Waals surface area contributed by atoms with Gasteiger partial charge in [-0.2, -0.15) is 0 Å². The van der Waals surface area contributed by atoms with Gasteiger partial charge in [0.05, 0.1) is 0 Å². The molecule has 1 N–H and O–H groups in total. The van der Waals surface area contributed by atoms with Gasteiger partial charge in [0.15, 0.2) is 5.82 Å². The number of nitrogens with zero attached hydrogens (tertiary/aromatic N) is 2. The highest BCUT2D eigenvalue weighted by Crippen LogP contribution is 2.15. The summed E-state index contributed by atoms with van der Waals surface area (Å²) in [7, 11) is 0. The third-order valence-corrected chi connectivity index (χ3v) is 1.60. The Labute approximate surface area is 49.9 Å². The highest BCUT2D eigenvalue weighted by Gasteiger charge is 2.02. The molecular formula is C4H3N3S. The minimum atomic E-state index is 0.884. The summed E-state index contributed by atoms with van der Waals surface area (Å²) in [4.78, 5) is 7.87. The second-order valence-corrected chi connectivity index (χ2v) is 2.12. The van der Waals surface area contributed by atoms with Gasteiger partial charge in [-0.15, -0.1) is 0 Å². The minimum Gasteiger partial charge on any atom is -0.294 e. The molecule has 0 radical (unpaired) electrons. The zero-order valence-electron chi connectivity index (χ0n) is 3.96. The van der Waals surface area contributed by atoms with Crippen molar-refractivity contribution in [3.63, 3.8) is 0 Å². The Kier molecular flexibility index (Phi) is 0.648. The maximum Gasteiger partial charge on any atom is 0.167 e. The van der Waals surface area contributed by atoms with Crippen LogP contribution in [-0.4, -0.2) is 14.3 Å². The number of aromatic amines is 1. The molecule has 0 bridgehead atoms. The Balaban J connectivity index is 2.84. The summed E-state index contributed by atoms with van der Waals surface area (Å²) in [5, 5.41) is 1.93. The molecule has 0 aromatic carbocycles. The van der Waals surface area contributed by atoms with Crippen molar-refractivity contribution in [1.29, 1.82) is 0 Å². The van der Waals surface area contributed by atoms with E-state index in [1.54, 1.807) is 6.33 Å². The number of H-pyrrole nitrogens is 1. The largest absolute Gasteiger partial charge is 0.294 e. The Bertz CT molecular complexity index is 203. The standard InChI is InChI=1S/C4H3N3S/c1-3-4(7-8-1)6-2-5-3/h1-2H,(H,5,6,7). The van der Waals surface area contributed by atoms with Crippen LogP contribution in [0.5, 0.6) is 0 Å². The van der Waals surface area contributed by atoms with E-state index in [9.17, 15) is 0 Å². The van der Waals surface area contributed by atoms with E-state index in [1.807, 2.05) is 5.38 Å². The number of fused-ring (bicyclic) bond motifs is 1. The van der Waals surface area contributed by atoms with Crippen molar-refractivity contribution >= 4 is 11.5 Å². The summed E-state index contributed by atoms with van der Waals surface area (Å²) >= 11 is 1.51. The number of imidazole rings is 1. The predicted molar refractivity (Wildman–Crippen MR) is 30.9 cm³/mol. The number of nitrogens with one attached hydrogen (secondary N) is 1. The molecule has 2 aliphatic heterocycles. The number of aromatic nitrogens is 3. The summed E-state index contributed by atoms with van der Waals surface area (Å²) in [5.74, 6) is 0.884. The van der Waals surface area contributed by atoms with Gasteiger partial charge in [0.2, 0.25) is 0 Å². The monoisotopic (exact) mass is 125 g/mol. The first-order chi connectivity index (χ1) is 3.97. The lowest BCUT2D eigenvalue weighted by Gasteiger charge is -1.73. The van der Waals surface area contributed by atoms with E-state index in [0.29, 0.717) is 0 Å². The van der Waals surface area contributed by atoms with Crippen molar-refractivity contribution in [1.82, 2.24) is 14.3 Å². The molecular weight excluding hydrogens is 122 g/mol. The second-order valence-electron chi connectivity index (χ2n) is 1.45. The zero-order chi connectivity index (χ0) is 5.40. The van der Waals surface area contributed by atoms with E-state index in [-0.39, 0.29) is 0 Å². The molecule has 0 fully saturated rings. The van der Waals surface area contributed by atoms with E-state index in [1.165, 1.54) is 11.5 Å². The molecule has 0 saturated carbocycles. The van der Waals surface area contributed by atoms with E-state index in [4.69, 9.17) is 0 Å². The molecule has 0 aromatic rings. The van der Waals surface area contributed by atoms with Crippen LogP contribution in [0.25, 0.3) is 11.5 Å². The third-order valence-electron chi connectivity index (χ3n) is 0.952. The Morgan fingerprint density at radius 3 is 3.38 bits per heavy atom. The fraction of sp³-hybridized carbons (Fsp3) is 0. The van der Waals surface area contributed by atoms with Crippen LogP contribution in [0.15, 0.2) is 11.7 Å². The van der Waals surface area contributed by atoms with Crippen molar-refractivity contribution in [2.75, 3.05) is 0 Å². The smallest absolute Gasteiger partial charge is 0.167 e. The minimum absolute atomic E-state index is 0.884. The first kappa shape index (κ1) is 4.03. The topological polar surface area (TPSA) is 41.6 Å². The molecule has 0 spiro atoms. The highest BCUT2D eigenvalue weighted by molar-refractivity contribution is 7.04. The van der Waals surface area contributed by atoms with Crippen LogP contribution >= 0.6 is 11.5 Å². The molecule has 2 aliphatic rings. The molecule has 0 amide bonds. The molecule has 0 aliphatic carbocycles. The lowest BCUT2D eigenvalue weighted by atomic mass is 10.5. The SMILES string of the molecule is c1nc2cs[nH]c-2n1. The van der Waals surface area contributed by atoms with E-state index < -0.39 is 0 Å². The van der Waals surface area contributed by atoms with Crippen molar-refractivity contribution in [2.24, 2.45) is 0 Å². The first-order valence-electron chi connectivity index (χ1n) is 2.19. The van der Waals surface area contributed by atoms with Crippen molar-refractivity contribution < 1.29 is 0 Å². The van der Waals surface area contributed by atoms with Crippen LogP contribution in [0.3, 0.4) is 0 Å². The number of hydrogen-bond acceptors (Lipinski definition) is 3. The van der Waals surface area contributed by atoms with Gasteiger partial charge in [-0.3, -0.25) is 4.37 Å². The van der Waals surface area contributed by atoms with Gasteiger partial charge in [0.1, 0.15) is 12.0 Å². The molecule has 3 nitrogen and oxygen atoms in total. The highest BCUT2D eigenvalue weighted by atomic mass is 32.1. The van der Waals surface area contributed by atoms with Gasteiger partial charge < -0.3 is 0 Å².